The minimum atomic E-state index is -1.27. The Bertz CT molecular complexity index is 421. The second-order valence-electron chi connectivity index (χ2n) is 4.48. The van der Waals surface area contributed by atoms with Crippen LogP contribution in [0.15, 0.2) is 10.2 Å². The van der Waals surface area contributed by atoms with Crippen molar-refractivity contribution in [3.05, 3.63) is 0 Å². The van der Waals surface area contributed by atoms with Crippen LogP contribution in [-0.2, 0) is 9.59 Å². The number of carbonyl (C=O) groups is 2. The number of hydrogen-bond acceptors (Lipinski definition) is 6. The molecule has 20 heavy (non-hydrogen) atoms. The van der Waals surface area contributed by atoms with E-state index in [9.17, 15) is 9.59 Å². The Morgan fingerprint density at radius 1 is 0.950 bits per heavy atom. The average Bonchev–Trinajstić information content (AvgIpc) is 2.33. The fourth-order valence-electron chi connectivity index (χ4n) is 1.47. The molecule has 0 aliphatic rings. The molecule has 8 nitrogen and oxygen atoms in total. The highest BCUT2D eigenvalue weighted by molar-refractivity contribution is 5.75. The summed E-state index contributed by atoms with van der Waals surface area (Å²) in [4.78, 5) is 22.1. The minimum Gasteiger partial charge on any atom is -0.480 e. The summed E-state index contributed by atoms with van der Waals surface area (Å²) in [7, 11) is 0. The van der Waals surface area contributed by atoms with E-state index in [0.29, 0.717) is 0 Å². The van der Waals surface area contributed by atoms with Crippen LogP contribution in [0.25, 0.3) is 0 Å². The van der Waals surface area contributed by atoms with Gasteiger partial charge in [-0.05, 0) is 0 Å². The van der Waals surface area contributed by atoms with Crippen molar-refractivity contribution in [2.24, 2.45) is 22.1 Å². The van der Waals surface area contributed by atoms with Crippen LogP contribution in [0.2, 0.25) is 0 Å². The Balaban J connectivity index is 5.07. The quantitative estimate of drug-likeness (QED) is 0.643. The topological polar surface area (TPSA) is 147 Å². The van der Waals surface area contributed by atoms with Gasteiger partial charge in [-0.3, -0.25) is 0 Å². The van der Waals surface area contributed by atoms with Gasteiger partial charge in [0.1, 0.15) is 0 Å². The van der Waals surface area contributed by atoms with Gasteiger partial charge in [-0.1, -0.05) is 13.8 Å². The van der Waals surface area contributed by atoms with Gasteiger partial charge in [0.05, 0.1) is 12.1 Å². The van der Waals surface area contributed by atoms with Crippen LogP contribution in [0.1, 0.15) is 26.7 Å². The second kappa shape index (κ2) is 8.59. The van der Waals surface area contributed by atoms with Gasteiger partial charge in [-0.15, -0.1) is 0 Å². The van der Waals surface area contributed by atoms with Crippen molar-refractivity contribution in [1.82, 2.24) is 0 Å². The fraction of sp³-hybridized carbons (Fsp3) is 0.667. The molecule has 4 unspecified atom stereocenters. The monoisotopic (exact) mass is 280 g/mol. The molecule has 8 heteroatoms. The van der Waals surface area contributed by atoms with Crippen molar-refractivity contribution in [2.75, 3.05) is 0 Å². The maximum Gasteiger partial charge on any atom is 0.330 e. The normalized spacial score (nSPS) is 16.6. The van der Waals surface area contributed by atoms with E-state index >= 15 is 0 Å². The first kappa shape index (κ1) is 17.5. The molecular formula is C12H16N4O4. The second-order valence-corrected chi connectivity index (χ2v) is 4.48. The van der Waals surface area contributed by atoms with E-state index in [1.165, 1.54) is 13.8 Å². The predicted octanol–water partition coefficient (Wildman–Crippen LogP) is 1.44. The molecule has 0 rings (SSSR count). The maximum absolute atomic E-state index is 11.0. The predicted molar refractivity (Wildman–Crippen MR) is 66.5 cm³/mol. The number of carboxylic acid groups (broad SMARTS) is 2. The Kier molecular flexibility index (Phi) is 7.53. The van der Waals surface area contributed by atoms with E-state index in [-0.39, 0.29) is 12.8 Å². The zero-order valence-corrected chi connectivity index (χ0v) is 11.2. The molecule has 0 aliphatic carbocycles. The Morgan fingerprint density at radius 2 is 1.25 bits per heavy atom. The highest BCUT2D eigenvalue weighted by Gasteiger charge is 2.28. The van der Waals surface area contributed by atoms with Gasteiger partial charge >= 0.3 is 11.9 Å². The average molecular weight is 280 g/mol. The lowest BCUT2D eigenvalue weighted by Crippen LogP contribution is -2.29. The van der Waals surface area contributed by atoms with Crippen LogP contribution >= 0.6 is 0 Å². The van der Waals surface area contributed by atoms with Crippen molar-refractivity contribution in [3.63, 3.8) is 0 Å². The van der Waals surface area contributed by atoms with E-state index < -0.39 is 35.9 Å². The summed E-state index contributed by atoms with van der Waals surface area (Å²) in [5, 5.41) is 42.2. The molecule has 0 saturated heterocycles. The van der Waals surface area contributed by atoms with E-state index in [1.54, 1.807) is 0 Å². The van der Waals surface area contributed by atoms with Gasteiger partial charge in [0.2, 0.25) is 0 Å². The van der Waals surface area contributed by atoms with Gasteiger partial charge < -0.3 is 10.2 Å². The summed E-state index contributed by atoms with van der Waals surface area (Å²) in [6, 6.07) is 1.12. The molecule has 108 valence electrons. The number of nitriles is 2. The first-order valence-corrected chi connectivity index (χ1v) is 5.94. The molecule has 0 saturated carbocycles. The van der Waals surface area contributed by atoms with Crippen molar-refractivity contribution < 1.29 is 19.8 Å². The third kappa shape index (κ3) is 5.44. The molecule has 0 spiro atoms. The fourth-order valence-corrected chi connectivity index (χ4v) is 1.47. The molecule has 0 aromatic carbocycles. The first-order valence-electron chi connectivity index (χ1n) is 5.94. The van der Waals surface area contributed by atoms with E-state index in [2.05, 4.69) is 10.2 Å². The van der Waals surface area contributed by atoms with Crippen LogP contribution in [0.3, 0.4) is 0 Å². The van der Waals surface area contributed by atoms with E-state index in [1.807, 2.05) is 12.1 Å². The molecule has 0 bridgehead atoms. The van der Waals surface area contributed by atoms with Crippen LogP contribution in [-0.4, -0.2) is 34.2 Å². The van der Waals surface area contributed by atoms with Crippen molar-refractivity contribution in [3.8, 4) is 12.1 Å². The number of aliphatic carboxylic acids is 2. The number of nitrogens with zero attached hydrogens (tertiary/aromatic N) is 4. The summed E-state index contributed by atoms with van der Waals surface area (Å²) in [6.45, 7) is 3.05. The lowest BCUT2D eigenvalue weighted by Gasteiger charge is -2.15. The summed E-state index contributed by atoms with van der Waals surface area (Å²) in [6.07, 6.45) is -0.0526. The van der Waals surface area contributed by atoms with Crippen LogP contribution in [0, 0.1) is 34.5 Å². The third-order valence-electron chi connectivity index (χ3n) is 2.73. The molecule has 0 heterocycles. The third-order valence-corrected chi connectivity index (χ3v) is 2.73. The summed E-state index contributed by atoms with van der Waals surface area (Å²) in [5.74, 6) is -3.70. The molecule has 0 aliphatic heterocycles. The lowest BCUT2D eigenvalue weighted by molar-refractivity contribution is -0.141. The van der Waals surface area contributed by atoms with Crippen molar-refractivity contribution in [2.45, 2.75) is 38.8 Å². The van der Waals surface area contributed by atoms with E-state index in [0.717, 1.165) is 0 Å². The molecule has 0 aromatic rings. The molecule has 0 aromatic heterocycles. The molecule has 4 atom stereocenters. The smallest absolute Gasteiger partial charge is 0.330 e. The van der Waals surface area contributed by atoms with Gasteiger partial charge in [0.15, 0.2) is 12.1 Å². The van der Waals surface area contributed by atoms with Gasteiger partial charge in [0, 0.05) is 24.7 Å². The lowest BCUT2D eigenvalue weighted by atomic mass is 9.99. The van der Waals surface area contributed by atoms with Crippen molar-refractivity contribution in [1.29, 1.82) is 10.5 Å². The zero-order chi connectivity index (χ0) is 15.7. The molecule has 2 N–H and O–H groups in total. The molecule has 0 radical (unpaired) electrons. The number of rotatable bonds is 8. The molecule has 0 fully saturated rings. The standard InChI is InChI=1S/C12H16N4O4/c1-7(3-5-13)9(11(17)18)15-16-10(12(19)20)8(2)4-6-14/h7-10H,3-4H2,1-2H3,(H,17,18)(H,19,20). The Hall–Kier alpha value is -2.48. The zero-order valence-electron chi connectivity index (χ0n) is 11.2. The van der Waals surface area contributed by atoms with Gasteiger partial charge in [-0.2, -0.15) is 20.8 Å². The van der Waals surface area contributed by atoms with Crippen LogP contribution in [0.4, 0.5) is 0 Å². The van der Waals surface area contributed by atoms with Gasteiger partial charge in [0.25, 0.3) is 0 Å². The highest BCUT2D eigenvalue weighted by Crippen LogP contribution is 2.16. The number of carboxylic acids is 2. The maximum atomic E-state index is 11.0. The van der Waals surface area contributed by atoms with E-state index in [4.69, 9.17) is 20.7 Å². The summed E-state index contributed by atoms with van der Waals surface area (Å²) >= 11 is 0. The van der Waals surface area contributed by atoms with Crippen LogP contribution in [0.5, 0.6) is 0 Å². The SMILES string of the molecule is CC(CC#N)C(N=NC(C(=O)O)C(C)CC#N)C(=O)O. The molecular weight excluding hydrogens is 264 g/mol. The highest BCUT2D eigenvalue weighted by atomic mass is 16.4. The summed E-state index contributed by atoms with van der Waals surface area (Å²) in [5.41, 5.74) is 0. The Labute approximate surface area is 116 Å². The number of azo groups is 1. The number of hydrogen-bond donors (Lipinski definition) is 2. The minimum absolute atomic E-state index is 0.0263. The van der Waals surface area contributed by atoms with Gasteiger partial charge in [-0.25, -0.2) is 9.59 Å². The summed E-state index contributed by atoms with van der Waals surface area (Å²) < 4.78 is 0. The Morgan fingerprint density at radius 3 is 1.45 bits per heavy atom. The first-order chi connectivity index (χ1) is 9.34. The largest absolute Gasteiger partial charge is 0.480 e. The van der Waals surface area contributed by atoms with Crippen LogP contribution < -0.4 is 0 Å². The van der Waals surface area contributed by atoms with Crippen molar-refractivity contribution >= 4 is 11.9 Å². The molecule has 0 amide bonds.